The monoisotopic (exact) mass is 447 g/mol. The van der Waals surface area contributed by atoms with Crippen molar-refractivity contribution in [2.45, 2.75) is 24.8 Å². The number of methoxy groups -OCH3 is 1. The van der Waals surface area contributed by atoms with Crippen molar-refractivity contribution in [2.75, 3.05) is 12.4 Å². The molecule has 0 saturated carbocycles. The summed E-state index contributed by atoms with van der Waals surface area (Å²) in [6.07, 6.45) is 1.29. The van der Waals surface area contributed by atoms with Gasteiger partial charge in [-0.15, -0.1) is 0 Å². The number of carbonyl (C=O) groups is 1. The number of phenolic OH excluding ortho intramolecular Hbond substituents is 1. The van der Waals surface area contributed by atoms with Crippen molar-refractivity contribution in [3.63, 3.8) is 0 Å². The summed E-state index contributed by atoms with van der Waals surface area (Å²) in [4.78, 5) is 13.8. The lowest BCUT2D eigenvalue weighted by Gasteiger charge is -2.37. The second-order valence-corrected chi connectivity index (χ2v) is 9.05. The minimum atomic E-state index is -0.303. The van der Waals surface area contributed by atoms with Gasteiger partial charge in [0, 0.05) is 23.2 Å². The molecule has 4 aromatic carbocycles. The number of benzene rings is 4. The van der Waals surface area contributed by atoms with Crippen molar-refractivity contribution in [3.8, 4) is 11.5 Å². The summed E-state index contributed by atoms with van der Waals surface area (Å²) in [5, 5.41) is 16.1. The van der Waals surface area contributed by atoms with Gasteiger partial charge in [0.2, 0.25) is 0 Å². The smallest absolute Gasteiger partial charge is 0.162 e. The fourth-order valence-electron chi connectivity index (χ4n) is 5.53. The van der Waals surface area contributed by atoms with E-state index in [0.717, 1.165) is 45.2 Å². The maximum atomic E-state index is 13.8. The summed E-state index contributed by atoms with van der Waals surface area (Å²) in [5.41, 5.74) is 6.19. The van der Waals surface area contributed by atoms with E-state index in [1.165, 1.54) is 12.7 Å². The van der Waals surface area contributed by atoms with E-state index in [1.807, 2.05) is 36.4 Å². The minimum absolute atomic E-state index is 0.0850. The molecule has 2 N–H and O–H groups in total. The summed E-state index contributed by atoms with van der Waals surface area (Å²) in [6, 6.07) is 28.0. The van der Waals surface area contributed by atoms with Crippen LogP contribution >= 0.6 is 0 Å². The first kappa shape index (κ1) is 20.5. The Kier molecular flexibility index (Phi) is 4.88. The number of phenols is 1. The van der Waals surface area contributed by atoms with Gasteiger partial charge >= 0.3 is 0 Å². The molecule has 6 rings (SSSR count). The number of rotatable bonds is 3. The van der Waals surface area contributed by atoms with Crippen LogP contribution < -0.4 is 10.1 Å². The standard InChI is InChI=1S/C30H25NO3/c1-34-27-17-20(12-14-25(27)32)30-29-23(15-21(16-26(29)33)18-7-3-2-4-8-18)28-22-10-6-5-9-19(22)11-13-24(28)31-30/h2-14,17,21,30-32H,15-16H2,1H3. The van der Waals surface area contributed by atoms with Crippen molar-refractivity contribution in [1.29, 1.82) is 0 Å². The molecule has 0 aromatic heterocycles. The summed E-state index contributed by atoms with van der Waals surface area (Å²) >= 11 is 0. The number of nitrogens with one attached hydrogen (secondary N) is 1. The molecule has 0 fully saturated rings. The molecule has 2 aliphatic rings. The van der Waals surface area contributed by atoms with Crippen LogP contribution in [0.1, 0.15) is 41.5 Å². The van der Waals surface area contributed by atoms with Crippen LogP contribution in [0.25, 0.3) is 16.3 Å². The number of Topliss-reactive ketones (excluding diaryl/α,β-unsaturated/α-hetero) is 1. The molecule has 0 saturated heterocycles. The Morgan fingerprint density at radius 2 is 1.68 bits per heavy atom. The highest BCUT2D eigenvalue weighted by atomic mass is 16.5. The number of aromatic hydroxyl groups is 1. The number of hydrogen-bond acceptors (Lipinski definition) is 4. The number of fused-ring (bicyclic) bond motifs is 4. The predicted molar refractivity (Wildman–Crippen MR) is 135 cm³/mol. The summed E-state index contributed by atoms with van der Waals surface area (Å²) in [6.45, 7) is 0. The summed E-state index contributed by atoms with van der Waals surface area (Å²) in [7, 11) is 1.54. The maximum Gasteiger partial charge on any atom is 0.162 e. The lowest BCUT2D eigenvalue weighted by molar-refractivity contribution is -0.116. The van der Waals surface area contributed by atoms with E-state index < -0.39 is 0 Å². The molecule has 1 heterocycles. The molecular formula is C30H25NO3. The highest BCUT2D eigenvalue weighted by molar-refractivity contribution is 6.13. The number of allylic oxidation sites excluding steroid dienone is 1. The highest BCUT2D eigenvalue weighted by Gasteiger charge is 2.38. The van der Waals surface area contributed by atoms with Crippen LogP contribution in [0.3, 0.4) is 0 Å². The lowest BCUT2D eigenvalue weighted by Crippen LogP contribution is -2.29. The van der Waals surface area contributed by atoms with Crippen LogP contribution in [0, 0.1) is 0 Å². The molecule has 1 aliphatic carbocycles. The molecular weight excluding hydrogens is 422 g/mol. The molecule has 1 aliphatic heterocycles. The van der Waals surface area contributed by atoms with E-state index in [1.54, 1.807) is 6.07 Å². The third-order valence-corrected chi connectivity index (χ3v) is 7.14. The van der Waals surface area contributed by atoms with Gasteiger partial charge in [0.1, 0.15) is 0 Å². The second kappa shape index (κ2) is 8.07. The van der Waals surface area contributed by atoms with E-state index in [0.29, 0.717) is 12.2 Å². The average molecular weight is 448 g/mol. The van der Waals surface area contributed by atoms with Crippen LogP contribution in [-0.2, 0) is 4.79 Å². The van der Waals surface area contributed by atoms with Gasteiger partial charge in [-0.25, -0.2) is 0 Å². The Labute approximate surface area is 198 Å². The number of anilines is 1. The van der Waals surface area contributed by atoms with Crippen LogP contribution in [0.4, 0.5) is 5.69 Å². The van der Waals surface area contributed by atoms with Gasteiger partial charge in [0.05, 0.1) is 13.2 Å². The van der Waals surface area contributed by atoms with Gasteiger partial charge < -0.3 is 15.2 Å². The quantitative estimate of drug-likeness (QED) is 0.370. The van der Waals surface area contributed by atoms with Crippen molar-refractivity contribution < 1.29 is 14.6 Å². The molecule has 2 atom stereocenters. The first-order valence-corrected chi connectivity index (χ1v) is 11.6. The van der Waals surface area contributed by atoms with E-state index in [2.05, 4.69) is 47.8 Å². The van der Waals surface area contributed by atoms with Gasteiger partial charge in [-0.3, -0.25) is 4.79 Å². The predicted octanol–water partition coefficient (Wildman–Crippen LogP) is 6.62. The molecule has 4 heteroatoms. The van der Waals surface area contributed by atoms with Crippen molar-refractivity contribution >= 4 is 27.8 Å². The number of carbonyl (C=O) groups excluding carboxylic acids is 1. The lowest BCUT2D eigenvalue weighted by atomic mass is 9.71. The SMILES string of the molecule is COc1cc(C2Nc3ccc4ccccc4c3C3=C2C(=O)CC(c2ccccc2)C3)ccc1O. The molecule has 0 spiro atoms. The zero-order valence-corrected chi connectivity index (χ0v) is 18.9. The van der Waals surface area contributed by atoms with Crippen LogP contribution in [0.2, 0.25) is 0 Å². The second-order valence-electron chi connectivity index (χ2n) is 9.05. The fraction of sp³-hybridized carbons (Fsp3) is 0.167. The number of ketones is 1. The Balaban J connectivity index is 1.57. The molecule has 0 amide bonds. The van der Waals surface area contributed by atoms with Gasteiger partial charge in [0.25, 0.3) is 0 Å². The first-order chi connectivity index (χ1) is 16.6. The number of hydrogen-bond donors (Lipinski definition) is 2. The van der Waals surface area contributed by atoms with Crippen LogP contribution in [0.15, 0.2) is 90.5 Å². The van der Waals surface area contributed by atoms with Crippen molar-refractivity contribution in [2.24, 2.45) is 0 Å². The van der Waals surface area contributed by atoms with Gasteiger partial charge in [-0.1, -0.05) is 66.7 Å². The minimum Gasteiger partial charge on any atom is -0.504 e. The third kappa shape index (κ3) is 3.26. The van der Waals surface area contributed by atoms with Crippen molar-refractivity contribution in [3.05, 3.63) is 107 Å². The summed E-state index contributed by atoms with van der Waals surface area (Å²) in [5.74, 6) is 0.795. The average Bonchev–Trinajstić information content (AvgIpc) is 2.88. The molecule has 4 nitrogen and oxygen atoms in total. The topological polar surface area (TPSA) is 58.6 Å². The maximum absolute atomic E-state index is 13.8. The Bertz CT molecular complexity index is 1450. The Morgan fingerprint density at radius 1 is 0.882 bits per heavy atom. The van der Waals surface area contributed by atoms with Gasteiger partial charge in [-0.05, 0) is 58.0 Å². The normalized spacial score (nSPS) is 19.4. The highest BCUT2D eigenvalue weighted by Crippen LogP contribution is 2.51. The van der Waals surface area contributed by atoms with E-state index in [4.69, 9.17) is 4.74 Å². The molecule has 0 radical (unpaired) electrons. The van der Waals surface area contributed by atoms with Crippen molar-refractivity contribution in [1.82, 2.24) is 0 Å². The first-order valence-electron chi connectivity index (χ1n) is 11.6. The van der Waals surface area contributed by atoms with E-state index in [9.17, 15) is 9.90 Å². The zero-order chi connectivity index (χ0) is 23.2. The Hall–Kier alpha value is -4.05. The molecule has 2 unspecified atom stereocenters. The molecule has 168 valence electrons. The molecule has 34 heavy (non-hydrogen) atoms. The van der Waals surface area contributed by atoms with Crippen LogP contribution in [-0.4, -0.2) is 18.0 Å². The summed E-state index contributed by atoms with van der Waals surface area (Å²) < 4.78 is 5.36. The van der Waals surface area contributed by atoms with Gasteiger partial charge in [-0.2, -0.15) is 0 Å². The van der Waals surface area contributed by atoms with E-state index >= 15 is 0 Å². The Morgan fingerprint density at radius 3 is 2.50 bits per heavy atom. The fourth-order valence-corrected chi connectivity index (χ4v) is 5.53. The van der Waals surface area contributed by atoms with Crippen LogP contribution in [0.5, 0.6) is 11.5 Å². The van der Waals surface area contributed by atoms with E-state index in [-0.39, 0.29) is 23.5 Å². The van der Waals surface area contributed by atoms with Gasteiger partial charge in [0.15, 0.2) is 17.3 Å². The largest absolute Gasteiger partial charge is 0.504 e. The molecule has 0 bridgehead atoms. The molecule has 4 aromatic rings. The number of ether oxygens (including phenoxy) is 1. The third-order valence-electron chi connectivity index (χ3n) is 7.14. The zero-order valence-electron chi connectivity index (χ0n) is 18.9.